The molecule has 1 heterocycles. The fourth-order valence-corrected chi connectivity index (χ4v) is 1.08. The standard InChI is InChI=1S/C8H12N4O3/c1-8(2,3)11-7(13)6(9)5(4-10-11)12(14)15/h4H,9H2,1-3H3. The highest BCUT2D eigenvalue weighted by molar-refractivity contribution is 5.54. The van der Waals surface area contributed by atoms with E-state index in [1.54, 1.807) is 20.8 Å². The summed E-state index contributed by atoms with van der Waals surface area (Å²) in [4.78, 5) is 21.4. The van der Waals surface area contributed by atoms with Gasteiger partial charge in [0.25, 0.3) is 5.56 Å². The molecule has 0 saturated heterocycles. The Morgan fingerprint density at radius 3 is 2.47 bits per heavy atom. The van der Waals surface area contributed by atoms with Crippen LogP contribution in [0.25, 0.3) is 0 Å². The largest absolute Gasteiger partial charge is 0.389 e. The smallest absolute Gasteiger partial charge is 0.317 e. The molecule has 2 N–H and O–H groups in total. The summed E-state index contributed by atoms with van der Waals surface area (Å²) in [5, 5.41) is 14.2. The van der Waals surface area contributed by atoms with Gasteiger partial charge in [-0.05, 0) is 20.8 Å². The van der Waals surface area contributed by atoms with Gasteiger partial charge in [-0.2, -0.15) is 5.10 Å². The summed E-state index contributed by atoms with van der Waals surface area (Å²) >= 11 is 0. The minimum absolute atomic E-state index is 0.384. The van der Waals surface area contributed by atoms with E-state index in [-0.39, 0.29) is 5.69 Å². The molecule has 0 aliphatic carbocycles. The van der Waals surface area contributed by atoms with Gasteiger partial charge in [0.15, 0.2) is 5.69 Å². The Bertz CT molecular complexity index is 458. The lowest BCUT2D eigenvalue weighted by Crippen LogP contribution is -2.37. The summed E-state index contributed by atoms with van der Waals surface area (Å²) < 4.78 is 1.12. The fourth-order valence-electron chi connectivity index (χ4n) is 1.08. The molecular formula is C8H12N4O3. The highest BCUT2D eigenvalue weighted by atomic mass is 16.6. The molecular weight excluding hydrogens is 200 g/mol. The van der Waals surface area contributed by atoms with E-state index in [0.29, 0.717) is 0 Å². The first-order valence-electron chi connectivity index (χ1n) is 4.28. The Labute approximate surface area is 85.7 Å². The van der Waals surface area contributed by atoms with E-state index < -0.39 is 21.7 Å². The third-order valence-corrected chi connectivity index (χ3v) is 1.83. The maximum atomic E-state index is 11.6. The highest BCUT2D eigenvalue weighted by Crippen LogP contribution is 2.17. The molecule has 0 aliphatic heterocycles. The molecule has 1 rings (SSSR count). The van der Waals surface area contributed by atoms with Crippen molar-refractivity contribution in [2.45, 2.75) is 26.3 Å². The Hall–Kier alpha value is -1.92. The second-order valence-electron chi connectivity index (χ2n) is 4.09. The van der Waals surface area contributed by atoms with Gasteiger partial charge in [0.1, 0.15) is 6.20 Å². The quantitative estimate of drug-likeness (QED) is 0.538. The van der Waals surface area contributed by atoms with Crippen LogP contribution in [0.2, 0.25) is 0 Å². The highest BCUT2D eigenvalue weighted by Gasteiger charge is 2.22. The first-order valence-corrected chi connectivity index (χ1v) is 4.28. The number of aromatic nitrogens is 2. The number of hydrogen-bond donors (Lipinski definition) is 1. The van der Waals surface area contributed by atoms with Gasteiger partial charge in [-0.3, -0.25) is 14.9 Å². The van der Waals surface area contributed by atoms with Gasteiger partial charge in [-0.1, -0.05) is 0 Å². The number of anilines is 1. The predicted octanol–water partition coefficient (Wildman–Crippen LogP) is 0.489. The molecule has 0 aliphatic rings. The van der Waals surface area contributed by atoms with Gasteiger partial charge in [0.2, 0.25) is 0 Å². The van der Waals surface area contributed by atoms with Crippen LogP contribution in [0, 0.1) is 10.1 Å². The Balaban J connectivity index is 3.48. The van der Waals surface area contributed by atoms with Crippen LogP contribution in [0.15, 0.2) is 11.0 Å². The maximum Gasteiger partial charge on any atom is 0.317 e. The molecule has 0 amide bonds. The Morgan fingerprint density at radius 1 is 1.53 bits per heavy atom. The van der Waals surface area contributed by atoms with Crippen molar-refractivity contribution in [3.63, 3.8) is 0 Å². The van der Waals surface area contributed by atoms with Crippen molar-refractivity contribution in [3.05, 3.63) is 26.7 Å². The number of nitrogen functional groups attached to an aromatic ring is 1. The molecule has 0 saturated carbocycles. The summed E-state index contributed by atoms with van der Waals surface area (Å²) in [5.74, 6) is 0. The SMILES string of the molecule is CC(C)(C)n1ncc([N+](=O)[O-])c(N)c1=O. The summed E-state index contributed by atoms with van der Waals surface area (Å²) in [6, 6.07) is 0. The van der Waals surface area contributed by atoms with E-state index in [0.717, 1.165) is 10.9 Å². The minimum atomic E-state index is -0.725. The van der Waals surface area contributed by atoms with Gasteiger partial charge < -0.3 is 5.73 Å². The molecule has 0 bridgehead atoms. The van der Waals surface area contributed by atoms with E-state index in [9.17, 15) is 14.9 Å². The maximum absolute atomic E-state index is 11.6. The van der Waals surface area contributed by atoms with Gasteiger partial charge in [-0.25, -0.2) is 4.68 Å². The van der Waals surface area contributed by atoms with E-state index in [1.165, 1.54) is 0 Å². The number of nitrogens with two attached hydrogens (primary N) is 1. The minimum Gasteiger partial charge on any atom is -0.389 e. The first-order chi connectivity index (χ1) is 6.75. The molecule has 15 heavy (non-hydrogen) atoms. The van der Waals surface area contributed by atoms with Crippen molar-refractivity contribution in [1.29, 1.82) is 0 Å². The molecule has 7 nitrogen and oxygen atoms in total. The molecule has 0 fully saturated rings. The average molecular weight is 212 g/mol. The summed E-state index contributed by atoms with van der Waals surface area (Å²) in [5.41, 5.74) is 3.33. The zero-order valence-corrected chi connectivity index (χ0v) is 8.72. The van der Waals surface area contributed by atoms with Gasteiger partial charge >= 0.3 is 5.69 Å². The zero-order chi connectivity index (χ0) is 11.8. The monoisotopic (exact) mass is 212 g/mol. The Morgan fingerprint density at radius 2 is 2.07 bits per heavy atom. The van der Waals surface area contributed by atoms with Crippen LogP contribution in [0.5, 0.6) is 0 Å². The average Bonchev–Trinajstić information content (AvgIpc) is 2.06. The van der Waals surface area contributed by atoms with E-state index in [2.05, 4.69) is 5.10 Å². The number of nitro groups is 1. The summed E-state index contributed by atoms with van der Waals surface area (Å²) in [7, 11) is 0. The van der Waals surface area contributed by atoms with Crippen LogP contribution in [0.1, 0.15) is 20.8 Å². The van der Waals surface area contributed by atoms with E-state index in [4.69, 9.17) is 5.73 Å². The van der Waals surface area contributed by atoms with Crippen LogP contribution in [-0.2, 0) is 5.54 Å². The van der Waals surface area contributed by atoms with Crippen LogP contribution >= 0.6 is 0 Å². The molecule has 0 spiro atoms. The van der Waals surface area contributed by atoms with Crippen LogP contribution in [0.3, 0.4) is 0 Å². The van der Waals surface area contributed by atoms with Crippen molar-refractivity contribution in [3.8, 4) is 0 Å². The first kappa shape index (κ1) is 11.2. The lowest BCUT2D eigenvalue weighted by atomic mass is 10.1. The van der Waals surface area contributed by atoms with Crippen LogP contribution < -0.4 is 11.3 Å². The second kappa shape index (κ2) is 3.34. The molecule has 0 radical (unpaired) electrons. The normalized spacial score (nSPS) is 11.4. The zero-order valence-electron chi connectivity index (χ0n) is 8.72. The van der Waals surface area contributed by atoms with Crippen molar-refractivity contribution >= 4 is 11.4 Å². The summed E-state index contributed by atoms with van der Waals surface area (Å²) in [6.07, 6.45) is 0.988. The number of rotatable bonds is 1. The molecule has 1 aromatic rings. The fraction of sp³-hybridized carbons (Fsp3) is 0.500. The van der Waals surface area contributed by atoms with E-state index in [1.807, 2.05) is 0 Å². The topological polar surface area (TPSA) is 104 Å². The predicted molar refractivity (Wildman–Crippen MR) is 54.6 cm³/mol. The molecule has 0 unspecified atom stereocenters. The molecule has 0 atom stereocenters. The number of nitrogens with zero attached hydrogens (tertiary/aromatic N) is 3. The van der Waals surface area contributed by atoms with Gasteiger partial charge in [0, 0.05) is 0 Å². The third kappa shape index (κ3) is 1.95. The van der Waals surface area contributed by atoms with Crippen LogP contribution in [-0.4, -0.2) is 14.7 Å². The lowest BCUT2D eigenvalue weighted by molar-refractivity contribution is -0.384. The van der Waals surface area contributed by atoms with Gasteiger partial charge in [-0.15, -0.1) is 0 Å². The second-order valence-corrected chi connectivity index (χ2v) is 4.09. The van der Waals surface area contributed by atoms with Crippen molar-refractivity contribution in [2.75, 3.05) is 5.73 Å². The van der Waals surface area contributed by atoms with E-state index >= 15 is 0 Å². The third-order valence-electron chi connectivity index (χ3n) is 1.83. The Kier molecular flexibility index (Phi) is 2.48. The van der Waals surface area contributed by atoms with Crippen LogP contribution in [0.4, 0.5) is 11.4 Å². The number of hydrogen-bond acceptors (Lipinski definition) is 5. The van der Waals surface area contributed by atoms with Crippen molar-refractivity contribution in [2.24, 2.45) is 0 Å². The lowest BCUT2D eigenvalue weighted by Gasteiger charge is -2.20. The molecule has 7 heteroatoms. The summed E-state index contributed by atoms with van der Waals surface area (Å²) in [6.45, 7) is 5.27. The molecule has 0 aromatic carbocycles. The van der Waals surface area contributed by atoms with Crippen molar-refractivity contribution in [1.82, 2.24) is 9.78 Å². The molecule has 82 valence electrons. The molecule has 1 aromatic heterocycles. The van der Waals surface area contributed by atoms with Crippen molar-refractivity contribution < 1.29 is 4.92 Å². The van der Waals surface area contributed by atoms with Gasteiger partial charge in [0.05, 0.1) is 10.5 Å².